The summed E-state index contributed by atoms with van der Waals surface area (Å²) in [7, 11) is 0. The Balaban J connectivity index is 2.91. The van der Waals surface area contributed by atoms with E-state index in [1.807, 2.05) is 0 Å². The van der Waals surface area contributed by atoms with Gasteiger partial charge in [0.2, 0.25) is 0 Å². The summed E-state index contributed by atoms with van der Waals surface area (Å²) in [5.74, 6) is -0.408. The van der Waals surface area contributed by atoms with Gasteiger partial charge < -0.3 is 9.72 Å². The minimum atomic E-state index is -4.15. The van der Waals surface area contributed by atoms with Gasteiger partial charge in [-0.1, -0.05) is 11.6 Å². The molecular formula is C7H4BrClF3NO2. The second-order valence-corrected chi connectivity index (χ2v) is 3.71. The predicted molar refractivity (Wildman–Crippen MR) is 51.1 cm³/mol. The average molecular weight is 306 g/mol. The van der Waals surface area contributed by atoms with E-state index in [2.05, 4.69) is 37.3 Å². The quantitative estimate of drug-likeness (QED) is 0.872. The molecule has 1 aromatic rings. The molecule has 0 radical (unpaired) electrons. The highest BCUT2D eigenvalue weighted by atomic mass is 79.9. The highest BCUT2D eigenvalue weighted by Gasteiger charge is 2.42. The van der Waals surface area contributed by atoms with Crippen molar-refractivity contribution >= 4 is 27.5 Å². The molecule has 1 atom stereocenters. The van der Waals surface area contributed by atoms with E-state index in [1.54, 1.807) is 0 Å². The molecule has 1 unspecified atom stereocenters. The van der Waals surface area contributed by atoms with Gasteiger partial charge in [-0.3, -0.25) is 4.79 Å². The molecule has 8 heteroatoms. The van der Waals surface area contributed by atoms with Crippen LogP contribution in [0.2, 0.25) is 0 Å². The summed E-state index contributed by atoms with van der Waals surface area (Å²) < 4.78 is 41.4. The molecule has 3 nitrogen and oxygen atoms in total. The van der Waals surface area contributed by atoms with E-state index in [0.717, 1.165) is 12.3 Å². The molecule has 1 heterocycles. The Morgan fingerprint density at radius 3 is 2.67 bits per heavy atom. The number of ether oxygens (including phenoxy) is 1. The Kier molecular flexibility index (Phi) is 3.67. The lowest BCUT2D eigenvalue weighted by atomic mass is 10.4. The van der Waals surface area contributed by atoms with E-state index in [-0.39, 0.29) is 4.47 Å². The Bertz CT molecular complexity index is 409. The fourth-order valence-corrected chi connectivity index (χ4v) is 1.08. The average Bonchev–Trinajstić information content (AvgIpc) is 2.10. The topological polar surface area (TPSA) is 42.1 Å². The first kappa shape index (κ1) is 12.4. The maximum atomic E-state index is 12.6. The third kappa shape index (κ3) is 3.13. The van der Waals surface area contributed by atoms with Crippen LogP contribution in [0.5, 0.6) is 5.75 Å². The standard InChI is InChI=1S/C7H4BrClF3NO2/c8-4-1-3(2-13-5(4)14)15-7(11,12)6(9)10/h1-2,6H,(H,13,14). The van der Waals surface area contributed by atoms with Crippen molar-refractivity contribution in [2.24, 2.45) is 0 Å². The molecule has 84 valence electrons. The number of aromatic nitrogens is 1. The Hall–Kier alpha value is -0.690. The van der Waals surface area contributed by atoms with Crippen LogP contribution in [-0.2, 0) is 0 Å². The molecule has 0 fully saturated rings. The van der Waals surface area contributed by atoms with Crippen LogP contribution in [0.3, 0.4) is 0 Å². The van der Waals surface area contributed by atoms with Crippen molar-refractivity contribution in [3.8, 4) is 5.75 Å². The first-order valence-corrected chi connectivity index (χ1v) is 4.79. The molecular weight excluding hydrogens is 302 g/mol. The summed E-state index contributed by atoms with van der Waals surface area (Å²) >= 11 is 7.36. The van der Waals surface area contributed by atoms with Gasteiger partial charge in [-0.2, -0.15) is 8.78 Å². The zero-order valence-electron chi connectivity index (χ0n) is 6.94. The van der Waals surface area contributed by atoms with Crippen molar-refractivity contribution in [2.45, 2.75) is 11.7 Å². The lowest BCUT2D eigenvalue weighted by molar-refractivity contribution is -0.199. The molecule has 1 rings (SSSR count). The maximum Gasteiger partial charge on any atom is 0.444 e. The fourth-order valence-electron chi connectivity index (χ4n) is 0.698. The molecule has 1 aromatic heterocycles. The summed E-state index contributed by atoms with van der Waals surface area (Å²) in [6.07, 6.45) is -3.28. The van der Waals surface area contributed by atoms with E-state index in [0.29, 0.717) is 0 Å². The maximum absolute atomic E-state index is 12.6. The molecule has 0 aromatic carbocycles. The Morgan fingerprint density at radius 1 is 1.60 bits per heavy atom. The van der Waals surface area contributed by atoms with Gasteiger partial charge >= 0.3 is 6.11 Å². The van der Waals surface area contributed by atoms with Crippen molar-refractivity contribution in [1.82, 2.24) is 4.98 Å². The molecule has 0 aliphatic rings. The Labute approximate surface area is 95.3 Å². The van der Waals surface area contributed by atoms with Crippen LogP contribution in [0.4, 0.5) is 13.2 Å². The van der Waals surface area contributed by atoms with Crippen LogP contribution in [0.15, 0.2) is 21.5 Å². The zero-order chi connectivity index (χ0) is 11.6. The van der Waals surface area contributed by atoms with Gasteiger partial charge in [0.1, 0.15) is 5.75 Å². The number of rotatable bonds is 3. The number of pyridine rings is 1. The second kappa shape index (κ2) is 4.44. The fraction of sp³-hybridized carbons (Fsp3) is 0.286. The third-order valence-corrected chi connectivity index (χ3v) is 2.18. The molecule has 0 bridgehead atoms. The number of hydrogen-bond donors (Lipinski definition) is 1. The number of halogens is 5. The van der Waals surface area contributed by atoms with Crippen molar-refractivity contribution in [2.75, 3.05) is 0 Å². The van der Waals surface area contributed by atoms with E-state index in [4.69, 9.17) is 0 Å². The van der Waals surface area contributed by atoms with Gasteiger partial charge in [0.25, 0.3) is 11.2 Å². The monoisotopic (exact) mass is 305 g/mol. The molecule has 15 heavy (non-hydrogen) atoms. The summed E-state index contributed by atoms with van der Waals surface area (Å²) in [6, 6.07) is 0.978. The van der Waals surface area contributed by atoms with Gasteiger partial charge in [0.15, 0.2) is 0 Å². The van der Waals surface area contributed by atoms with Crippen LogP contribution in [0.1, 0.15) is 0 Å². The zero-order valence-corrected chi connectivity index (χ0v) is 9.28. The molecule has 0 saturated heterocycles. The highest BCUT2D eigenvalue weighted by Crippen LogP contribution is 2.28. The minimum Gasteiger partial charge on any atom is -0.428 e. The van der Waals surface area contributed by atoms with Gasteiger partial charge in [0.05, 0.1) is 4.47 Å². The van der Waals surface area contributed by atoms with Gasteiger partial charge in [-0.05, 0) is 15.9 Å². The van der Waals surface area contributed by atoms with E-state index >= 15 is 0 Å². The lowest BCUT2D eigenvalue weighted by Gasteiger charge is -2.17. The van der Waals surface area contributed by atoms with E-state index in [1.165, 1.54) is 0 Å². The smallest absolute Gasteiger partial charge is 0.428 e. The molecule has 0 spiro atoms. The normalized spacial score (nSPS) is 13.7. The SMILES string of the molecule is O=c1[nH]cc(OC(F)(F)C(F)Cl)cc1Br. The third-order valence-electron chi connectivity index (χ3n) is 1.34. The summed E-state index contributed by atoms with van der Waals surface area (Å²) in [6.45, 7) is 0. The van der Waals surface area contributed by atoms with Gasteiger partial charge in [0, 0.05) is 12.3 Å². The van der Waals surface area contributed by atoms with Gasteiger partial charge in [-0.25, -0.2) is 4.39 Å². The molecule has 0 aliphatic heterocycles. The molecule has 0 saturated carbocycles. The number of aromatic amines is 1. The molecule has 0 amide bonds. The van der Waals surface area contributed by atoms with E-state index in [9.17, 15) is 18.0 Å². The van der Waals surface area contributed by atoms with Crippen LogP contribution in [0.25, 0.3) is 0 Å². The summed E-state index contributed by atoms with van der Waals surface area (Å²) in [4.78, 5) is 12.9. The first-order chi connectivity index (χ1) is 6.83. The van der Waals surface area contributed by atoms with Crippen LogP contribution in [-0.4, -0.2) is 16.7 Å². The number of alkyl halides is 4. The van der Waals surface area contributed by atoms with Crippen LogP contribution < -0.4 is 10.3 Å². The minimum absolute atomic E-state index is 0.0132. The second-order valence-electron chi connectivity index (χ2n) is 2.48. The van der Waals surface area contributed by atoms with Crippen LogP contribution >= 0.6 is 27.5 Å². The van der Waals surface area contributed by atoms with Crippen molar-refractivity contribution in [3.05, 3.63) is 27.1 Å². The first-order valence-electron chi connectivity index (χ1n) is 3.56. The highest BCUT2D eigenvalue weighted by molar-refractivity contribution is 9.10. The Morgan fingerprint density at radius 2 is 2.20 bits per heavy atom. The summed E-state index contributed by atoms with van der Waals surface area (Å²) in [5.41, 5.74) is -3.49. The predicted octanol–water partition coefficient (Wildman–Crippen LogP) is 2.64. The largest absolute Gasteiger partial charge is 0.444 e. The number of H-pyrrole nitrogens is 1. The van der Waals surface area contributed by atoms with Crippen molar-refractivity contribution in [3.63, 3.8) is 0 Å². The number of hydrogen-bond acceptors (Lipinski definition) is 2. The molecule has 1 N–H and O–H groups in total. The van der Waals surface area contributed by atoms with Crippen LogP contribution in [0, 0.1) is 0 Å². The van der Waals surface area contributed by atoms with E-state index < -0.39 is 23.0 Å². The van der Waals surface area contributed by atoms with Crippen molar-refractivity contribution in [1.29, 1.82) is 0 Å². The van der Waals surface area contributed by atoms with Gasteiger partial charge in [-0.15, -0.1) is 0 Å². The number of nitrogens with one attached hydrogen (secondary N) is 1. The molecule has 0 aliphatic carbocycles. The van der Waals surface area contributed by atoms with Crippen molar-refractivity contribution < 1.29 is 17.9 Å². The summed E-state index contributed by atoms with van der Waals surface area (Å²) in [5, 5.41) is 0. The lowest BCUT2D eigenvalue weighted by Crippen LogP contribution is -2.33.